The van der Waals surface area contributed by atoms with Crippen molar-refractivity contribution >= 4 is 5.78 Å². The first-order chi connectivity index (χ1) is 5.52. The Labute approximate surface area is 75.0 Å². The van der Waals surface area contributed by atoms with E-state index in [2.05, 4.69) is 0 Å². The van der Waals surface area contributed by atoms with Crippen LogP contribution in [0.4, 0.5) is 0 Å². The summed E-state index contributed by atoms with van der Waals surface area (Å²) in [5.41, 5.74) is 0. The summed E-state index contributed by atoms with van der Waals surface area (Å²) in [6.07, 6.45) is 2.60. The van der Waals surface area contributed by atoms with Gasteiger partial charge in [0, 0.05) is 12.8 Å². The van der Waals surface area contributed by atoms with Crippen LogP contribution < -0.4 is 0 Å². The number of Topliss-reactive ketones (excluding diaryl/α,β-unsaturated/α-hetero) is 1. The van der Waals surface area contributed by atoms with Gasteiger partial charge in [-0.05, 0) is 25.7 Å². The zero-order valence-electron chi connectivity index (χ0n) is 8.34. The van der Waals surface area contributed by atoms with Crippen molar-refractivity contribution < 1.29 is 9.90 Å². The average Bonchev–Trinajstić information content (AvgIpc) is 1.84. The van der Waals surface area contributed by atoms with E-state index >= 15 is 0 Å². The molecule has 1 N–H and O–H groups in total. The Bertz CT molecular complexity index is 128. The van der Waals surface area contributed by atoms with Crippen molar-refractivity contribution in [2.24, 2.45) is 5.92 Å². The van der Waals surface area contributed by atoms with Gasteiger partial charge in [-0.15, -0.1) is 0 Å². The maximum atomic E-state index is 11.2. The SMILES string of the molecule is CC(C)CC(=O)CCCC(C)O. The molecule has 0 aliphatic heterocycles. The van der Waals surface area contributed by atoms with E-state index < -0.39 is 0 Å². The highest BCUT2D eigenvalue weighted by atomic mass is 16.3. The lowest BCUT2D eigenvalue weighted by Gasteiger charge is -2.04. The van der Waals surface area contributed by atoms with E-state index in [-0.39, 0.29) is 6.10 Å². The van der Waals surface area contributed by atoms with Gasteiger partial charge in [-0.25, -0.2) is 0 Å². The highest BCUT2D eigenvalue weighted by Crippen LogP contribution is 2.07. The minimum Gasteiger partial charge on any atom is -0.393 e. The van der Waals surface area contributed by atoms with E-state index in [0.29, 0.717) is 24.5 Å². The molecule has 0 saturated carbocycles. The summed E-state index contributed by atoms with van der Waals surface area (Å²) < 4.78 is 0. The van der Waals surface area contributed by atoms with E-state index in [1.54, 1.807) is 6.92 Å². The molecular formula is C10H20O2. The third-order valence-electron chi connectivity index (χ3n) is 1.71. The molecular weight excluding hydrogens is 152 g/mol. The molecule has 12 heavy (non-hydrogen) atoms. The van der Waals surface area contributed by atoms with Crippen molar-refractivity contribution in [3.63, 3.8) is 0 Å². The van der Waals surface area contributed by atoms with Gasteiger partial charge in [-0.3, -0.25) is 4.79 Å². The van der Waals surface area contributed by atoms with Crippen molar-refractivity contribution in [2.45, 2.75) is 52.6 Å². The van der Waals surface area contributed by atoms with E-state index in [1.807, 2.05) is 13.8 Å². The van der Waals surface area contributed by atoms with Gasteiger partial charge in [-0.1, -0.05) is 13.8 Å². The van der Waals surface area contributed by atoms with Crippen LogP contribution in [-0.2, 0) is 4.79 Å². The molecule has 0 saturated heterocycles. The fraction of sp³-hybridized carbons (Fsp3) is 0.900. The summed E-state index contributed by atoms with van der Waals surface area (Å²) in [7, 11) is 0. The molecule has 0 aromatic rings. The van der Waals surface area contributed by atoms with Crippen molar-refractivity contribution in [3.05, 3.63) is 0 Å². The normalized spacial score (nSPS) is 13.4. The quantitative estimate of drug-likeness (QED) is 0.666. The molecule has 0 heterocycles. The number of rotatable bonds is 6. The maximum absolute atomic E-state index is 11.2. The third kappa shape index (κ3) is 7.73. The van der Waals surface area contributed by atoms with Crippen LogP contribution in [-0.4, -0.2) is 17.0 Å². The van der Waals surface area contributed by atoms with E-state index in [4.69, 9.17) is 5.11 Å². The van der Waals surface area contributed by atoms with Crippen LogP contribution in [0.3, 0.4) is 0 Å². The minimum absolute atomic E-state index is 0.267. The van der Waals surface area contributed by atoms with Crippen LogP contribution in [0.2, 0.25) is 0 Å². The van der Waals surface area contributed by atoms with Gasteiger partial charge >= 0.3 is 0 Å². The molecule has 0 aromatic carbocycles. The van der Waals surface area contributed by atoms with Crippen molar-refractivity contribution in [2.75, 3.05) is 0 Å². The molecule has 0 radical (unpaired) electrons. The Balaban J connectivity index is 3.32. The number of carbonyl (C=O) groups is 1. The predicted molar refractivity (Wildman–Crippen MR) is 50.0 cm³/mol. The summed E-state index contributed by atoms with van der Waals surface area (Å²) in [6.45, 7) is 5.85. The van der Waals surface area contributed by atoms with Gasteiger partial charge in [0.05, 0.1) is 6.10 Å². The average molecular weight is 172 g/mol. The third-order valence-corrected chi connectivity index (χ3v) is 1.71. The van der Waals surface area contributed by atoms with E-state index in [9.17, 15) is 4.79 Å². The lowest BCUT2D eigenvalue weighted by molar-refractivity contribution is -0.119. The molecule has 0 spiro atoms. The van der Waals surface area contributed by atoms with Gasteiger partial charge in [-0.2, -0.15) is 0 Å². The standard InChI is InChI=1S/C10H20O2/c1-8(2)7-10(12)6-4-5-9(3)11/h8-9,11H,4-7H2,1-3H3. The molecule has 1 atom stereocenters. The second-order valence-electron chi connectivity index (χ2n) is 3.88. The van der Waals surface area contributed by atoms with Crippen LogP contribution in [0.5, 0.6) is 0 Å². The predicted octanol–water partition coefficient (Wildman–Crippen LogP) is 2.15. The molecule has 0 aliphatic carbocycles. The fourth-order valence-electron chi connectivity index (χ4n) is 1.15. The lowest BCUT2D eigenvalue weighted by atomic mass is 10.0. The van der Waals surface area contributed by atoms with Gasteiger partial charge in [0.15, 0.2) is 0 Å². The Kier molecular flexibility index (Phi) is 5.99. The maximum Gasteiger partial charge on any atom is 0.133 e. The second-order valence-corrected chi connectivity index (χ2v) is 3.88. The Morgan fingerprint density at radius 1 is 1.33 bits per heavy atom. The molecule has 0 aromatic heterocycles. The summed E-state index contributed by atoms with van der Waals surface area (Å²) in [6, 6.07) is 0. The van der Waals surface area contributed by atoms with Crippen LogP contribution in [0.15, 0.2) is 0 Å². The fourth-order valence-corrected chi connectivity index (χ4v) is 1.15. The lowest BCUT2D eigenvalue weighted by Crippen LogP contribution is -2.05. The first kappa shape index (κ1) is 11.6. The van der Waals surface area contributed by atoms with Crippen LogP contribution >= 0.6 is 0 Å². The van der Waals surface area contributed by atoms with Gasteiger partial charge in [0.1, 0.15) is 5.78 Å². The zero-order chi connectivity index (χ0) is 9.56. The Hall–Kier alpha value is -0.370. The van der Waals surface area contributed by atoms with Crippen LogP contribution in [0.1, 0.15) is 46.5 Å². The molecule has 0 fully saturated rings. The molecule has 0 aliphatic rings. The molecule has 72 valence electrons. The van der Waals surface area contributed by atoms with Crippen molar-refractivity contribution in [3.8, 4) is 0 Å². The number of ketones is 1. The van der Waals surface area contributed by atoms with E-state index in [0.717, 1.165) is 12.8 Å². The number of aliphatic hydroxyl groups excluding tert-OH is 1. The second kappa shape index (κ2) is 6.18. The first-order valence-electron chi connectivity index (χ1n) is 4.72. The topological polar surface area (TPSA) is 37.3 Å². The largest absolute Gasteiger partial charge is 0.393 e. The number of carbonyl (C=O) groups excluding carboxylic acids is 1. The smallest absolute Gasteiger partial charge is 0.133 e. The monoisotopic (exact) mass is 172 g/mol. The van der Waals surface area contributed by atoms with Crippen molar-refractivity contribution in [1.29, 1.82) is 0 Å². The molecule has 0 bridgehead atoms. The zero-order valence-corrected chi connectivity index (χ0v) is 8.34. The molecule has 1 unspecified atom stereocenters. The summed E-state index contributed by atoms with van der Waals surface area (Å²) in [5, 5.41) is 8.94. The van der Waals surface area contributed by atoms with E-state index in [1.165, 1.54) is 0 Å². The summed E-state index contributed by atoms with van der Waals surface area (Å²) in [4.78, 5) is 11.2. The molecule has 2 nitrogen and oxygen atoms in total. The number of aliphatic hydroxyl groups is 1. The summed E-state index contributed by atoms with van der Waals surface area (Å²) in [5.74, 6) is 0.787. The van der Waals surface area contributed by atoms with Gasteiger partial charge < -0.3 is 5.11 Å². The molecule has 0 rings (SSSR count). The Morgan fingerprint density at radius 2 is 1.92 bits per heavy atom. The molecule has 0 amide bonds. The van der Waals surface area contributed by atoms with Gasteiger partial charge in [0.2, 0.25) is 0 Å². The molecule has 2 heteroatoms. The number of hydrogen-bond donors (Lipinski definition) is 1. The Morgan fingerprint density at radius 3 is 2.33 bits per heavy atom. The van der Waals surface area contributed by atoms with Crippen LogP contribution in [0, 0.1) is 5.92 Å². The minimum atomic E-state index is -0.267. The highest BCUT2D eigenvalue weighted by Gasteiger charge is 2.05. The van der Waals surface area contributed by atoms with Crippen LogP contribution in [0.25, 0.3) is 0 Å². The van der Waals surface area contributed by atoms with Gasteiger partial charge in [0.25, 0.3) is 0 Å². The van der Waals surface area contributed by atoms with Crippen molar-refractivity contribution in [1.82, 2.24) is 0 Å². The highest BCUT2D eigenvalue weighted by molar-refractivity contribution is 5.78. The number of hydrogen-bond acceptors (Lipinski definition) is 2. The first-order valence-corrected chi connectivity index (χ1v) is 4.72. The summed E-state index contributed by atoms with van der Waals surface area (Å²) >= 11 is 0.